The second kappa shape index (κ2) is 3.56. The number of anilines is 1. The molecule has 0 bridgehead atoms. The van der Waals surface area contributed by atoms with Crippen molar-refractivity contribution in [1.82, 2.24) is 0 Å². The number of hydrogen-bond donors (Lipinski definition) is 1. The van der Waals surface area contributed by atoms with E-state index in [-0.39, 0.29) is 5.69 Å². The molecular formula is C9H10N4O2. The highest BCUT2D eigenvalue weighted by Crippen LogP contribution is 2.23. The highest BCUT2D eigenvalue weighted by atomic mass is 16.6. The second-order valence-electron chi connectivity index (χ2n) is 3.24. The molecule has 0 unspecified atom stereocenters. The zero-order valence-corrected chi connectivity index (χ0v) is 7.96. The molecule has 0 fully saturated rings. The molecule has 1 heterocycles. The van der Waals surface area contributed by atoms with Crippen molar-refractivity contribution in [2.45, 2.75) is 6.42 Å². The van der Waals surface area contributed by atoms with Gasteiger partial charge in [0.15, 0.2) is 0 Å². The molecule has 0 amide bonds. The Morgan fingerprint density at radius 1 is 1.53 bits per heavy atom. The molecule has 6 nitrogen and oxygen atoms in total. The van der Waals surface area contributed by atoms with Crippen molar-refractivity contribution >= 4 is 17.2 Å². The Morgan fingerprint density at radius 3 is 2.93 bits per heavy atom. The summed E-state index contributed by atoms with van der Waals surface area (Å²) in [7, 11) is 0. The van der Waals surface area contributed by atoms with Crippen LogP contribution >= 0.6 is 0 Å². The number of hydrogen-bond acceptors (Lipinski definition) is 5. The average molecular weight is 206 g/mol. The predicted molar refractivity (Wildman–Crippen MR) is 56.7 cm³/mol. The molecule has 0 saturated carbocycles. The Morgan fingerprint density at radius 2 is 2.33 bits per heavy atom. The minimum Gasteiger partial charge on any atom is -0.386 e. The van der Waals surface area contributed by atoms with Gasteiger partial charge in [0, 0.05) is 25.1 Å². The van der Waals surface area contributed by atoms with Crippen molar-refractivity contribution in [2.75, 3.05) is 11.6 Å². The van der Waals surface area contributed by atoms with Crippen LogP contribution in [0.2, 0.25) is 0 Å². The normalized spacial score (nSPS) is 15.2. The summed E-state index contributed by atoms with van der Waals surface area (Å²) in [5.41, 5.74) is 6.30. The largest absolute Gasteiger partial charge is 0.386 e. The lowest BCUT2D eigenvalue weighted by molar-refractivity contribution is -0.384. The summed E-state index contributed by atoms with van der Waals surface area (Å²) in [5, 5.41) is 16.3. The number of rotatable bonds is 2. The van der Waals surface area contributed by atoms with Gasteiger partial charge in [0.2, 0.25) is 0 Å². The lowest BCUT2D eigenvalue weighted by Gasteiger charge is -2.12. The summed E-state index contributed by atoms with van der Waals surface area (Å²) in [6, 6.07) is 6.35. The van der Waals surface area contributed by atoms with Crippen molar-refractivity contribution in [2.24, 2.45) is 10.8 Å². The lowest BCUT2D eigenvalue weighted by atomic mass is 10.2. The summed E-state index contributed by atoms with van der Waals surface area (Å²) < 4.78 is 0. The molecule has 2 N–H and O–H groups in total. The molecule has 0 spiro atoms. The van der Waals surface area contributed by atoms with Crippen LogP contribution in [0, 0.1) is 10.1 Å². The quantitative estimate of drug-likeness (QED) is 0.579. The zero-order valence-electron chi connectivity index (χ0n) is 7.96. The first-order chi connectivity index (χ1) is 7.16. The van der Waals surface area contributed by atoms with Crippen molar-refractivity contribution in [3.63, 3.8) is 0 Å². The van der Waals surface area contributed by atoms with Gasteiger partial charge in [0.05, 0.1) is 10.6 Å². The topological polar surface area (TPSA) is 84.8 Å². The number of hydrazone groups is 1. The summed E-state index contributed by atoms with van der Waals surface area (Å²) in [5.74, 6) is 0.557. The summed E-state index contributed by atoms with van der Waals surface area (Å²) in [6.45, 7) is 0.674. The van der Waals surface area contributed by atoms with Crippen LogP contribution in [0.15, 0.2) is 29.4 Å². The molecule has 0 saturated heterocycles. The average Bonchev–Trinajstić information content (AvgIpc) is 2.65. The number of amidine groups is 1. The Kier molecular flexibility index (Phi) is 2.24. The molecule has 1 aromatic rings. The molecule has 6 heteroatoms. The minimum absolute atomic E-state index is 0.0631. The minimum atomic E-state index is -0.424. The van der Waals surface area contributed by atoms with E-state index in [9.17, 15) is 10.1 Å². The van der Waals surface area contributed by atoms with E-state index in [1.54, 1.807) is 17.1 Å². The molecule has 1 aliphatic heterocycles. The summed E-state index contributed by atoms with van der Waals surface area (Å²) >= 11 is 0. The van der Waals surface area contributed by atoms with Crippen LogP contribution in [0.25, 0.3) is 0 Å². The van der Waals surface area contributed by atoms with E-state index in [2.05, 4.69) is 5.10 Å². The van der Waals surface area contributed by atoms with Gasteiger partial charge in [-0.15, -0.1) is 0 Å². The fraction of sp³-hybridized carbons (Fsp3) is 0.222. The number of nitrogens with two attached hydrogens (primary N) is 1. The monoisotopic (exact) mass is 206 g/mol. The first kappa shape index (κ1) is 9.45. The lowest BCUT2D eigenvalue weighted by Crippen LogP contribution is -2.11. The van der Waals surface area contributed by atoms with Gasteiger partial charge in [-0.05, 0) is 6.07 Å². The SMILES string of the molecule is NC1=NN(c2cccc([N+](=O)[O-])c2)CC1. The number of non-ortho nitro benzene ring substituents is 1. The van der Waals surface area contributed by atoms with Crippen LogP contribution in [-0.4, -0.2) is 17.3 Å². The molecule has 0 radical (unpaired) electrons. The maximum atomic E-state index is 10.6. The Bertz CT molecular complexity index is 430. The molecule has 2 rings (SSSR count). The van der Waals surface area contributed by atoms with Gasteiger partial charge in [0.1, 0.15) is 5.84 Å². The van der Waals surface area contributed by atoms with Gasteiger partial charge >= 0.3 is 0 Å². The van der Waals surface area contributed by atoms with E-state index >= 15 is 0 Å². The Labute approximate surface area is 86.1 Å². The third-order valence-corrected chi connectivity index (χ3v) is 2.17. The zero-order chi connectivity index (χ0) is 10.8. The third-order valence-electron chi connectivity index (χ3n) is 2.17. The van der Waals surface area contributed by atoms with Gasteiger partial charge in [-0.2, -0.15) is 5.10 Å². The smallest absolute Gasteiger partial charge is 0.271 e. The maximum absolute atomic E-state index is 10.6. The standard InChI is InChI=1S/C9H10N4O2/c10-9-4-5-12(11-9)7-2-1-3-8(6-7)13(14)15/h1-3,6H,4-5H2,(H2,10,11). The third kappa shape index (κ3) is 1.88. The number of benzene rings is 1. The molecule has 15 heavy (non-hydrogen) atoms. The van der Waals surface area contributed by atoms with Gasteiger partial charge in [-0.25, -0.2) is 0 Å². The number of nitro groups is 1. The van der Waals surface area contributed by atoms with Crippen molar-refractivity contribution in [3.05, 3.63) is 34.4 Å². The maximum Gasteiger partial charge on any atom is 0.271 e. The van der Waals surface area contributed by atoms with E-state index in [4.69, 9.17) is 5.73 Å². The van der Waals surface area contributed by atoms with Gasteiger partial charge in [-0.1, -0.05) is 6.07 Å². The van der Waals surface area contributed by atoms with E-state index in [0.29, 0.717) is 24.5 Å². The predicted octanol–water partition coefficient (Wildman–Crippen LogP) is 1.08. The molecule has 1 aliphatic rings. The first-order valence-corrected chi connectivity index (χ1v) is 4.52. The highest BCUT2D eigenvalue weighted by molar-refractivity contribution is 5.84. The van der Waals surface area contributed by atoms with Crippen LogP contribution in [0.4, 0.5) is 11.4 Å². The van der Waals surface area contributed by atoms with E-state index in [0.717, 1.165) is 0 Å². The van der Waals surface area contributed by atoms with Crippen LogP contribution < -0.4 is 10.7 Å². The summed E-state index contributed by atoms with van der Waals surface area (Å²) in [6.07, 6.45) is 0.697. The molecule has 1 aromatic carbocycles. The van der Waals surface area contributed by atoms with E-state index < -0.39 is 4.92 Å². The van der Waals surface area contributed by atoms with E-state index in [1.165, 1.54) is 12.1 Å². The fourth-order valence-electron chi connectivity index (χ4n) is 1.43. The molecule has 78 valence electrons. The molecule has 0 atom stereocenters. The van der Waals surface area contributed by atoms with Crippen LogP contribution in [0.5, 0.6) is 0 Å². The fourth-order valence-corrected chi connectivity index (χ4v) is 1.43. The summed E-state index contributed by atoms with van der Waals surface area (Å²) in [4.78, 5) is 10.1. The first-order valence-electron chi connectivity index (χ1n) is 4.52. The van der Waals surface area contributed by atoms with Gasteiger partial charge < -0.3 is 5.73 Å². The number of nitrogens with zero attached hydrogens (tertiary/aromatic N) is 3. The highest BCUT2D eigenvalue weighted by Gasteiger charge is 2.15. The molecular weight excluding hydrogens is 196 g/mol. The van der Waals surface area contributed by atoms with E-state index in [1.807, 2.05) is 0 Å². The molecule has 0 aromatic heterocycles. The van der Waals surface area contributed by atoms with Crippen LogP contribution in [0.3, 0.4) is 0 Å². The Balaban J connectivity index is 2.29. The van der Waals surface area contributed by atoms with Gasteiger partial charge in [0.25, 0.3) is 5.69 Å². The van der Waals surface area contributed by atoms with Gasteiger partial charge in [-0.3, -0.25) is 15.1 Å². The van der Waals surface area contributed by atoms with Crippen LogP contribution in [0.1, 0.15) is 6.42 Å². The Hall–Kier alpha value is -2.11. The van der Waals surface area contributed by atoms with Crippen molar-refractivity contribution in [3.8, 4) is 0 Å². The van der Waals surface area contributed by atoms with Crippen molar-refractivity contribution < 1.29 is 4.92 Å². The second-order valence-corrected chi connectivity index (χ2v) is 3.24. The van der Waals surface area contributed by atoms with Crippen LogP contribution in [-0.2, 0) is 0 Å². The molecule has 0 aliphatic carbocycles. The van der Waals surface area contributed by atoms with Crippen molar-refractivity contribution in [1.29, 1.82) is 0 Å². The number of nitro benzene ring substituents is 1.